The summed E-state index contributed by atoms with van der Waals surface area (Å²) in [6.07, 6.45) is 7.13. The van der Waals surface area contributed by atoms with Crippen molar-refractivity contribution in [3.05, 3.63) is 23.7 Å². The highest BCUT2D eigenvalue weighted by molar-refractivity contribution is 5.11. The number of hydrogen-bond donors (Lipinski definition) is 1. The van der Waals surface area contributed by atoms with Crippen molar-refractivity contribution < 1.29 is 9.15 Å². The molecule has 1 aliphatic carbocycles. The van der Waals surface area contributed by atoms with Crippen LogP contribution in [0.15, 0.2) is 16.7 Å². The Balaban J connectivity index is 1.78. The van der Waals surface area contributed by atoms with Gasteiger partial charge in [0.2, 0.25) is 0 Å². The second-order valence-corrected chi connectivity index (χ2v) is 4.83. The van der Waals surface area contributed by atoms with Crippen molar-refractivity contribution in [1.29, 1.82) is 0 Å². The van der Waals surface area contributed by atoms with E-state index in [-0.39, 0.29) is 0 Å². The summed E-state index contributed by atoms with van der Waals surface area (Å²) in [4.78, 5) is 0. The lowest BCUT2D eigenvalue weighted by atomic mass is 9.89. The summed E-state index contributed by atoms with van der Waals surface area (Å²) in [5.41, 5.74) is 6.56. The van der Waals surface area contributed by atoms with Crippen molar-refractivity contribution >= 4 is 0 Å². The number of furan rings is 1. The number of ether oxygens (including phenoxy) is 1. The summed E-state index contributed by atoms with van der Waals surface area (Å²) in [5, 5.41) is 0. The van der Waals surface area contributed by atoms with Crippen LogP contribution in [0.2, 0.25) is 0 Å². The van der Waals surface area contributed by atoms with Crippen LogP contribution in [-0.4, -0.2) is 6.10 Å². The van der Waals surface area contributed by atoms with E-state index >= 15 is 0 Å². The largest absolute Gasteiger partial charge is 0.467 e. The smallest absolute Gasteiger partial charge is 0.129 e. The van der Waals surface area contributed by atoms with Crippen LogP contribution < -0.4 is 5.73 Å². The standard InChI is InChI=1S/C13H21NO2/c1-10-3-2-4-12(5-10)16-9-13-6-11(7-14)8-15-13/h6,8,10,12H,2-5,7,9,14H2,1H3. The lowest BCUT2D eigenvalue weighted by Crippen LogP contribution is -2.21. The van der Waals surface area contributed by atoms with Crippen molar-refractivity contribution in [1.82, 2.24) is 0 Å². The molecule has 0 spiro atoms. The van der Waals surface area contributed by atoms with Gasteiger partial charge in [-0.15, -0.1) is 0 Å². The third kappa shape index (κ3) is 3.09. The molecule has 2 N–H and O–H groups in total. The fourth-order valence-electron chi connectivity index (χ4n) is 2.34. The van der Waals surface area contributed by atoms with Gasteiger partial charge in [0, 0.05) is 12.1 Å². The average molecular weight is 223 g/mol. The van der Waals surface area contributed by atoms with Gasteiger partial charge in [-0.2, -0.15) is 0 Å². The van der Waals surface area contributed by atoms with Crippen molar-refractivity contribution in [2.45, 2.75) is 51.9 Å². The molecule has 0 amide bonds. The zero-order chi connectivity index (χ0) is 11.4. The molecule has 16 heavy (non-hydrogen) atoms. The second kappa shape index (κ2) is 5.51. The Morgan fingerprint density at radius 3 is 3.06 bits per heavy atom. The molecule has 3 heteroatoms. The minimum Gasteiger partial charge on any atom is -0.467 e. The molecule has 90 valence electrons. The van der Waals surface area contributed by atoms with Crippen molar-refractivity contribution in [2.24, 2.45) is 11.7 Å². The molecule has 2 atom stereocenters. The average Bonchev–Trinajstić information content (AvgIpc) is 2.74. The van der Waals surface area contributed by atoms with Gasteiger partial charge < -0.3 is 14.9 Å². The van der Waals surface area contributed by atoms with Gasteiger partial charge in [-0.1, -0.05) is 19.8 Å². The monoisotopic (exact) mass is 223 g/mol. The normalized spacial score (nSPS) is 25.9. The summed E-state index contributed by atoms with van der Waals surface area (Å²) >= 11 is 0. The second-order valence-electron chi connectivity index (χ2n) is 4.83. The molecule has 1 fully saturated rings. The van der Waals surface area contributed by atoms with Crippen LogP contribution in [0, 0.1) is 5.92 Å². The van der Waals surface area contributed by atoms with Gasteiger partial charge in [0.05, 0.1) is 12.4 Å². The number of hydrogen-bond acceptors (Lipinski definition) is 3. The quantitative estimate of drug-likeness (QED) is 0.853. The summed E-state index contributed by atoms with van der Waals surface area (Å²) < 4.78 is 11.2. The van der Waals surface area contributed by atoms with Gasteiger partial charge in [0.1, 0.15) is 12.4 Å². The van der Waals surface area contributed by atoms with Crippen LogP contribution in [0.25, 0.3) is 0 Å². The Kier molecular flexibility index (Phi) is 4.02. The van der Waals surface area contributed by atoms with Gasteiger partial charge in [-0.25, -0.2) is 0 Å². The third-order valence-corrected chi connectivity index (χ3v) is 3.29. The maximum atomic E-state index is 5.86. The zero-order valence-corrected chi connectivity index (χ0v) is 9.95. The fraction of sp³-hybridized carbons (Fsp3) is 0.692. The molecule has 2 rings (SSSR count). The van der Waals surface area contributed by atoms with E-state index in [0.29, 0.717) is 19.3 Å². The molecule has 0 bridgehead atoms. The first kappa shape index (κ1) is 11.7. The first-order chi connectivity index (χ1) is 7.78. The van der Waals surface area contributed by atoms with E-state index in [1.54, 1.807) is 6.26 Å². The molecular weight excluding hydrogens is 202 g/mol. The van der Waals surface area contributed by atoms with E-state index in [9.17, 15) is 0 Å². The minimum atomic E-state index is 0.412. The predicted octanol–water partition coefficient (Wildman–Crippen LogP) is 2.83. The Bertz CT molecular complexity index is 321. The fourth-order valence-corrected chi connectivity index (χ4v) is 2.34. The Morgan fingerprint density at radius 1 is 1.50 bits per heavy atom. The van der Waals surface area contributed by atoms with Crippen molar-refractivity contribution in [3.63, 3.8) is 0 Å². The van der Waals surface area contributed by atoms with E-state index in [1.165, 1.54) is 25.7 Å². The highest BCUT2D eigenvalue weighted by Gasteiger charge is 2.19. The molecule has 1 saturated carbocycles. The molecule has 1 aromatic heterocycles. The predicted molar refractivity (Wildman–Crippen MR) is 62.8 cm³/mol. The molecule has 3 nitrogen and oxygen atoms in total. The molecule has 1 aliphatic rings. The van der Waals surface area contributed by atoms with E-state index in [0.717, 1.165) is 17.2 Å². The molecule has 2 unspecified atom stereocenters. The van der Waals surface area contributed by atoms with Crippen LogP contribution >= 0.6 is 0 Å². The van der Waals surface area contributed by atoms with Gasteiger partial charge in [-0.3, -0.25) is 0 Å². The highest BCUT2D eigenvalue weighted by atomic mass is 16.5. The van der Waals surface area contributed by atoms with Crippen LogP contribution in [0.1, 0.15) is 43.9 Å². The van der Waals surface area contributed by atoms with Gasteiger partial charge in [0.15, 0.2) is 0 Å². The van der Waals surface area contributed by atoms with Crippen LogP contribution in [0.3, 0.4) is 0 Å². The van der Waals surface area contributed by atoms with Gasteiger partial charge in [0.25, 0.3) is 0 Å². The molecule has 0 aromatic carbocycles. The topological polar surface area (TPSA) is 48.4 Å². The summed E-state index contributed by atoms with van der Waals surface area (Å²) in [6, 6.07) is 1.98. The molecule has 0 saturated heterocycles. The summed E-state index contributed by atoms with van der Waals surface area (Å²) in [6.45, 7) is 3.41. The maximum Gasteiger partial charge on any atom is 0.129 e. The van der Waals surface area contributed by atoms with E-state index in [4.69, 9.17) is 14.9 Å². The van der Waals surface area contributed by atoms with Crippen LogP contribution in [0.4, 0.5) is 0 Å². The first-order valence-corrected chi connectivity index (χ1v) is 6.16. The molecule has 0 aliphatic heterocycles. The lowest BCUT2D eigenvalue weighted by molar-refractivity contribution is -0.00264. The minimum absolute atomic E-state index is 0.412. The molecule has 1 aromatic rings. The van der Waals surface area contributed by atoms with Crippen molar-refractivity contribution in [2.75, 3.05) is 0 Å². The Hall–Kier alpha value is -0.800. The van der Waals surface area contributed by atoms with Gasteiger partial charge in [-0.05, 0) is 24.8 Å². The Labute approximate surface area is 97.0 Å². The third-order valence-electron chi connectivity index (χ3n) is 3.29. The molecule has 1 heterocycles. The SMILES string of the molecule is CC1CCCC(OCc2cc(CN)co2)C1. The Morgan fingerprint density at radius 2 is 2.38 bits per heavy atom. The maximum absolute atomic E-state index is 5.86. The van der Waals surface area contributed by atoms with Crippen molar-refractivity contribution in [3.8, 4) is 0 Å². The van der Waals surface area contributed by atoms with E-state index in [2.05, 4.69) is 6.92 Å². The van der Waals surface area contributed by atoms with E-state index < -0.39 is 0 Å². The summed E-state index contributed by atoms with van der Waals surface area (Å²) in [7, 11) is 0. The lowest BCUT2D eigenvalue weighted by Gasteiger charge is -2.26. The number of nitrogens with two attached hydrogens (primary N) is 1. The van der Waals surface area contributed by atoms with Crippen LogP contribution in [-0.2, 0) is 17.9 Å². The zero-order valence-electron chi connectivity index (χ0n) is 9.95. The van der Waals surface area contributed by atoms with Crippen LogP contribution in [0.5, 0.6) is 0 Å². The molecular formula is C13H21NO2. The summed E-state index contributed by atoms with van der Waals surface area (Å²) in [5.74, 6) is 1.69. The van der Waals surface area contributed by atoms with E-state index in [1.807, 2.05) is 6.07 Å². The first-order valence-electron chi connectivity index (χ1n) is 6.16. The highest BCUT2D eigenvalue weighted by Crippen LogP contribution is 2.26. The number of rotatable bonds is 4. The molecule has 0 radical (unpaired) electrons. The van der Waals surface area contributed by atoms with Gasteiger partial charge >= 0.3 is 0 Å².